The molecule has 6 nitrogen and oxygen atoms in total. The SMILES string of the molecule is CCCC1(C2(N)CCN(NC3(C4(CCC)OCCCC4c4ccccc4)CCNCC3)CC2)OCCCC1c1ccccc1. The van der Waals surface area contributed by atoms with E-state index < -0.39 is 0 Å². The molecule has 6 rings (SSSR count). The van der Waals surface area contributed by atoms with Crippen molar-refractivity contribution in [2.45, 2.75) is 125 Å². The predicted molar refractivity (Wildman–Crippen MR) is 180 cm³/mol. The highest BCUT2D eigenvalue weighted by Crippen LogP contribution is 2.53. The first-order valence-corrected chi connectivity index (χ1v) is 17.9. The van der Waals surface area contributed by atoms with Crippen molar-refractivity contribution in [3.05, 3.63) is 71.8 Å². The molecule has 0 amide bonds. The molecule has 44 heavy (non-hydrogen) atoms. The number of piperidine rings is 2. The highest BCUT2D eigenvalue weighted by molar-refractivity contribution is 5.30. The van der Waals surface area contributed by atoms with Gasteiger partial charge < -0.3 is 20.5 Å². The molecule has 2 aromatic carbocycles. The van der Waals surface area contributed by atoms with E-state index in [1.54, 1.807) is 0 Å². The Kier molecular flexibility index (Phi) is 10.2. The zero-order valence-corrected chi connectivity index (χ0v) is 27.5. The van der Waals surface area contributed by atoms with Crippen molar-refractivity contribution in [1.29, 1.82) is 0 Å². The maximum absolute atomic E-state index is 7.61. The standard InChI is InChI=1S/C38H58N4O2/c1-3-19-37(33(17-11-29-43-37)31-13-7-5-8-14-31)35(39)23-27-42(28-24-35)41-36(21-25-40-26-22-36)38(20-4-2)34(18-12-30-44-38)32-15-9-6-10-16-32/h5-10,13-16,33-34,40-41H,3-4,11-12,17-30,39H2,1-2H3. The van der Waals surface area contributed by atoms with Crippen molar-refractivity contribution in [3.63, 3.8) is 0 Å². The Morgan fingerprint density at radius 3 is 1.80 bits per heavy atom. The molecule has 4 aliphatic rings. The van der Waals surface area contributed by atoms with Crippen molar-refractivity contribution in [2.24, 2.45) is 5.73 Å². The normalized spacial score (nSPS) is 32.7. The molecule has 4 unspecified atom stereocenters. The van der Waals surface area contributed by atoms with Gasteiger partial charge in [0.1, 0.15) is 0 Å². The molecule has 242 valence electrons. The van der Waals surface area contributed by atoms with Gasteiger partial charge in [0.05, 0.1) is 16.7 Å². The van der Waals surface area contributed by atoms with Crippen molar-refractivity contribution in [3.8, 4) is 0 Å². The van der Waals surface area contributed by atoms with Crippen LogP contribution in [0.5, 0.6) is 0 Å². The Morgan fingerprint density at radius 1 is 0.750 bits per heavy atom. The summed E-state index contributed by atoms with van der Waals surface area (Å²) in [6, 6.07) is 22.3. The second-order valence-electron chi connectivity index (χ2n) is 14.3. The second-order valence-corrected chi connectivity index (χ2v) is 14.3. The van der Waals surface area contributed by atoms with Crippen LogP contribution in [0.25, 0.3) is 0 Å². The molecule has 6 heteroatoms. The summed E-state index contributed by atoms with van der Waals surface area (Å²) in [5.41, 5.74) is 13.6. The van der Waals surface area contributed by atoms with E-state index in [9.17, 15) is 0 Å². The summed E-state index contributed by atoms with van der Waals surface area (Å²) in [5.74, 6) is 0.726. The first-order valence-electron chi connectivity index (χ1n) is 17.9. The van der Waals surface area contributed by atoms with Gasteiger partial charge in [-0.15, -0.1) is 0 Å². The number of benzene rings is 2. The van der Waals surface area contributed by atoms with Crippen LogP contribution in [0.4, 0.5) is 0 Å². The van der Waals surface area contributed by atoms with Crippen LogP contribution in [0.15, 0.2) is 60.7 Å². The zero-order valence-electron chi connectivity index (χ0n) is 27.5. The van der Waals surface area contributed by atoms with Crippen molar-refractivity contribution in [1.82, 2.24) is 15.8 Å². The van der Waals surface area contributed by atoms with Crippen molar-refractivity contribution in [2.75, 3.05) is 39.4 Å². The van der Waals surface area contributed by atoms with Gasteiger partial charge in [-0.1, -0.05) is 87.4 Å². The Bertz CT molecular complexity index is 1160. The van der Waals surface area contributed by atoms with Gasteiger partial charge in [0.2, 0.25) is 0 Å². The van der Waals surface area contributed by atoms with Gasteiger partial charge in [-0.05, 0) is 88.4 Å². The quantitative estimate of drug-likeness (QED) is 0.282. The van der Waals surface area contributed by atoms with Gasteiger partial charge in [0.25, 0.3) is 0 Å². The smallest absolute Gasteiger partial charge is 0.0945 e. The first-order chi connectivity index (χ1) is 21.5. The van der Waals surface area contributed by atoms with E-state index in [1.807, 2.05) is 0 Å². The Morgan fingerprint density at radius 2 is 1.25 bits per heavy atom. The molecule has 0 aliphatic carbocycles. The molecule has 4 aliphatic heterocycles. The molecule has 4 fully saturated rings. The molecule has 0 aromatic heterocycles. The number of ether oxygens (including phenoxy) is 2. The molecule has 4 N–H and O–H groups in total. The van der Waals surface area contributed by atoms with Crippen LogP contribution in [-0.2, 0) is 9.47 Å². The first kappa shape index (κ1) is 32.2. The number of hydrazine groups is 1. The van der Waals surface area contributed by atoms with Crippen LogP contribution >= 0.6 is 0 Å². The van der Waals surface area contributed by atoms with Crippen LogP contribution < -0.4 is 16.5 Å². The molecule has 4 heterocycles. The van der Waals surface area contributed by atoms with Crippen LogP contribution in [0.1, 0.15) is 114 Å². The zero-order chi connectivity index (χ0) is 30.5. The lowest BCUT2D eigenvalue weighted by Gasteiger charge is -2.61. The fourth-order valence-electron chi connectivity index (χ4n) is 9.91. The summed E-state index contributed by atoms with van der Waals surface area (Å²) in [6.45, 7) is 10.2. The fraction of sp³-hybridized carbons (Fsp3) is 0.684. The van der Waals surface area contributed by atoms with Crippen molar-refractivity contribution < 1.29 is 9.47 Å². The number of nitrogens with one attached hydrogen (secondary N) is 2. The molecule has 0 spiro atoms. The molecule has 0 bridgehead atoms. The monoisotopic (exact) mass is 602 g/mol. The van der Waals surface area contributed by atoms with Gasteiger partial charge in [-0.3, -0.25) is 0 Å². The minimum atomic E-state index is -0.363. The second kappa shape index (κ2) is 13.9. The molecule has 0 saturated carbocycles. The number of nitrogens with zero attached hydrogens (tertiary/aromatic N) is 1. The summed E-state index contributed by atoms with van der Waals surface area (Å²) in [5, 5.41) is 6.21. The van der Waals surface area contributed by atoms with Crippen LogP contribution in [0, 0.1) is 0 Å². The summed E-state index contributed by atoms with van der Waals surface area (Å²) in [4.78, 5) is 0. The molecule has 4 saturated heterocycles. The Hall–Kier alpha value is -1.80. The van der Waals surface area contributed by atoms with Gasteiger partial charge in [0.15, 0.2) is 0 Å². The van der Waals surface area contributed by atoms with Crippen molar-refractivity contribution >= 4 is 0 Å². The third-order valence-corrected chi connectivity index (χ3v) is 11.9. The van der Waals surface area contributed by atoms with Crippen LogP contribution in [-0.4, -0.2) is 66.7 Å². The highest BCUT2D eigenvalue weighted by Gasteiger charge is 2.60. The molecule has 0 radical (unpaired) electrons. The minimum Gasteiger partial charge on any atom is -0.372 e. The molecular formula is C38H58N4O2. The summed E-state index contributed by atoms with van der Waals surface area (Å²) in [6.07, 6.45) is 12.8. The lowest BCUT2D eigenvalue weighted by molar-refractivity contribution is -0.189. The average molecular weight is 603 g/mol. The third-order valence-electron chi connectivity index (χ3n) is 11.9. The largest absolute Gasteiger partial charge is 0.372 e. The summed E-state index contributed by atoms with van der Waals surface area (Å²) >= 11 is 0. The number of hydrogen-bond donors (Lipinski definition) is 3. The topological polar surface area (TPSA) is 71.8 Å². The van der Waals surface area contributed by atoms with Gasteiger partial charge in [-0.2, -0.15) is 0 Å². The average Bonchev–Trinajstić information content (AvgIpc) is 3.08. The maximum atomic E-state index is 7.61. The van der Waals surface area contributed by atoms with Gasteiger partial charge >= 0.3 is 0 Å². The number of nitrogens with two attached hydrogens (primary N) is 1. The minimum absolute atomic E-state index is 0.126. The Labute approximate surface area is 266 Å². The van der Waals surface area contributed by atoms with E-state index in [0.717, 1.165) is 110 Å². The predicted octanol–water partition coefficient (Wildman–Crippen LogP) is 6.67. The summed E-state index contributed by atoms with van der Waals surface area (Å²) in [7, 11) is 0. The number of hydrogen-bond acceptors (Lipinski definition) is 6. The molecule has 4 atom stereocenters. The van der Waals surface area contributed by atoms with E-state index in [4.69, 9.17) is 15.2 Å². The maximum Gasteiger partial charge on any atom is 0.0945 e. The van der Waals surface area contributed by atoms with E-state index in [-0.39, 0.29) is 22.3 Å². The molecular weight excluding hydrogens is 544 g/mol. The van der Waals surface area contributed by atoms with E-state index in [0.29, 0.717) is 11.8 Å². The Balaban J connectivity index is 1.28. The number of rotatable bonds is 10. The fourth-order valence-corrected chi connectivity index (χ4v) is 9.91. The van der Waals surface area contributed by atoms with E-state index in [2.05, 4.69) is 90.3 Å². The third kappa shape index (κ3) is 5.80. The van der Waals surface area contributed by atoms with E-state index >= 15 is 0 Å². The van der Waals surface area contributed by atoms with Gasteiger partial charge in [-0.25, -0.2) is 10.4 Å². The summed E-state index contributed by atoms with van der Waals surface area (Å²) < 4.78 is 14.1. The highest BCUT2D eigenvalue weighted by atomic mass is 16.5. The van der Waals surface area contributed by atoms with Gasteiger partial charge in [0, 0.05) is 43.7 Å². The lowest BCUT2D eigenvalue weighted by Crippen LogP contribution is -2.75. The van der Waals surface area contributed by atoms with Crippen LogP contribution in [0.2, 0.25) is 0 Å². The molecule has 2 aromatic rings. The van der Waals surface area contributed by atoms with Crippen LogP contribution in [0.3, 0.4) is 0 Å². The lowest BCUT2D eigenvalue weighted by atomic mass is 9.60. The van der Waals surface area contributed by atoms with E-state index in [1.165, 1.54) is 17.5 Å².